The number of aryl methyl sites for hydroxylation is 1. The number of nitrogens with one attached hydrogen (secondary N) is 1. The van der Waals surface area contributed by atoms with Crippen molar-refractivity contribution in [3.63, 3.8) is 0 Å². The number of fused-ring (bicyclic) bond motifs is 1. The number of quaternary nitrogens is 1. The first kappa shape index (κ1) is 17.9. The topological polar surface area (TPSA) is 45.1 Å². The maximum atomic E-state index is 13.4. The summed E-state index contributed by atoms with van der Waals surface area (Å²) in [4.78, 5) is 29.4. The van der Waals surface area contributed by atoms with Crippen LogP contribution in [-0.2, 0) is 4.79 Å². The van der Waals surface area contributed by atoms with E-state index in [1.165, 1.54) is 27.5 Å². The van der Waals surface area contributed by atoms with E-state index < -0.39 is 17.5 Å². The molecule has 0 aliphatic carbocycles. The number of Topliss-reactive ketones (excluding diaryl/α,β-unsaturated/α-hetero) is 1. The van der Waals surface area contributed by atoms with Crippen molar-refractivity contribution in [1.29, 1.82) is 0 Å². The maximum Gasteiger partial charge on any atom is 0.303 e. The van der Waals surface area contributed by atoms with Gasteiger partial charge in [0, 0.05) is 10.7 Å². The molecule has 2 aliphatic heterocycles. The zero-order valence-corrected chi connectivity index (χ0v) is 15.7. The molecule has 0 saturated carbocycles. The van der Waals surface area contributed by atoms with Crippen LogP contribution in [0.5, 0.6) is 0 Å². The normalized spacial score (nSPS) is 17.6. The zero-order chi connectivity index (χ0) is 19.1. The van der Waals surface area contributed by atoms with Gasteiger partial charge in [-0.15, -0.1) is 0 Å². The fourth-order valence-corrected chi connectivity index (χ4v) is 3.96. The smallest absolute Gasteiger partial charge is 0.303 e. The van der Waals surface area contributed by atoms with E-state index in [2.05, 4.69) is 11.8 Å². The van der Waals surface area contributed by atoms with Crippen LogP contribution in [0.1, 0.15) is 15.9 Å². The molecule has 2 aromatic rings. The molecule has 0 atom stereocenters. The van der Waals surface area contributed by atoms with Gasteiger partial charge in [-0.25, -0.2) is 4.39 Å². The molecule has 7 heteroatoms. The van der Waals surface area contributed by atoms with Gasteiger partial charge in [-0.2, -0.15) is 0 Å². The Bertz CT molecular complexity index is 925. The molecule has 2 heterocycles. The lowest BCUT2D eigenvalue weighted by atomic mass is 10.1. The number of rotatable bonds is 3. The van der Waals surface area contributed by atoms with Gasteiger partial charge in [0.05, 0.1) is 37.4 Å². The van der Waals surface area contributed by atoms with E-state index in [4.69, 9.17) is 11.6 Å². The highest BCUT2D eigenvalue weighted by Gasteiger charge is 2.38. The van der Waals surface area contributed by atoms with Gasteiger partial charge in [-0.3, -0.25) is 14.5 Å². The van der Waals surface area contributed by atoms with Crippen LogP contribution in [0.4, 0.5) is 15.8 Å². The Labute approximate surface area is 161 Å². The SMILES string of the molecule is Cc1ccc(Cl)cc1N1CC[NH+](CN2C(=O)C(=O)c3cc(F)ccc32)CC1. The molecule has 4 rings (SSSR count). The lowest BCUT2D eigenvalue weighted by Gasteiger charge is -2.35. The third kappa shape index (κ3) is 3.31. The van der Waals surface area contributed by atoms with E-state index >= 15 is 0 Å². The van der Waals surface area contributed by atoms with Crippen LogP contribution in [0.2, 0.25) is 5.02 Å². The highest BCUT2D eigenvalue weighted by Crippen LogP contribution is 2.28. The predicted molar refractivity (Wildman–Crippen MR) is 102 cm³/mol. The van der Waals surface area contributed by atoms with Gasteiger partial charge in [0.2, 0.25) is 0 Å². The minimum absolute atomic E-state index is 0.160. The molecule has 2 aromatic carbocycles. The molecule has 140 valence electrons. The van der Waals surface area contributed by atoms with Crippen molar-refractivity contribution in [2.45, 2.75) is 6.92 Å². The molecule has 1 saturated heterocycles. The molecule has 0 spiro atoms. The van der Waals surface area contributed by atoms with Crippen molar-refractivity contribution < 1.29 is 18.9 Å². The number of hydrogen-bond donors (Lipinski definition) is 1. The molecule has 1 amide bonds. The quantitative estimate of drug-likeness (QED) is 0.814. The van der Waals surface area contributed by atoms with Crippen LogP contribution < -0.4 is 14.7 Å². The molecule has 5 nitrogen and oxygen atoms in total. The van der Waals surface area contributed by atoms with Crippen molar-refractivity contribution in [1.82, 2.24) is 0 Å². The van der Waals surface area contributed by atoms with E-state index in [-0.39, 0.29) is 5.56 Å². The van der Waals surface area contributed by atoms with Crippen molar-refractivity contribution in [3.8, 4) is 0 Å². The number of carbonyl (C=O) groups is 2. The van der Waals surface area contributed by atoms with Gasteiger partial charge in [-0.05, 0) is 42.8 Å². The van der Waals surface area contributed by atoms with Crippen molar-refractivity contribution in [3.05, 3.63) is 58.4 Å². The van der Waals surface area contributed by atoms with Gasteiger partial charge in [0.15, 0.2) is 6.67 Å². The van der Waals surface area contributed by atoms with Gasteiger partial charge in [0.25, 0.3) is 5.78 Å². The van der Waals surface area contributed by atoms with Crippen molar-refractivity contribution >= 4 is 34.7 Å². The molecule has 0 unspecified atom stereocenters. The summed E-state index contributed by atoms with van der Waals surface area (Å²) in [5, 5.41) is 0.718. The highest BCUT2D eigenvalue weighted by molar-refractivity contribution is 6.52. The fourth-order valence-electron chi connectivity index (χ4n) is 3.80. The number of ketones is 1. The third-order valence-corrected chi connectivity index (χ3v) is 5.53. The summed E-state index contributed by atoms with van der Waals surface area (Å²) in [5.41, 5.74) is 2.98. The van der Waals surface area contributed by atoms with Gasteiger partial charge in [0.1, 0.15) is 5.82 Å². The van der Waals surface area contributed by atoms with Crippen molar-refractivity contribution in [2.75, 3.05) is 42.6 Å². The van der Waals surface area contributed by atoms with Gasteiger partial charge in [-0.1, -0.05) is 17.7 Å². The monoisotopic (exact) mass is 388 g/mol. The summed E-state index contributed by atoms with van der Waals surface area (Å²) in [5.74, 6) is -1.71. The van der Waals surface area contributed by atoms with Crippen LogP contribution in [0.25, 0.3) is 0 Å². The average molecular weight is 389 g/mol. The second-order valence-electron chi connectivity index (χ2n) is 7.05. The number of piperazine rings is 1. The standard InChI is InChI=1S/C20H19ClFN3O2/c1-13-2-3-14(21)10-18(13)24-8-6-23(7-9-24)12-25-17-5-4-15(22)11-16(17)19(26)20(25)27/h2-5,10-11H,6-9,12H2,1H3/p+1. The number of halogens is 2. The molecule has 1 N–H and O–H groups in total. The molecule has 0 bridgehead atoms. The molecule has 0 radical (unpaired) electrons. The Morgan fingerprint density at radius 3 is 2.56 bits per heavy atom. The van der Waals surface area contributed by atoms with Gasteiger partial charge >= 0.3 is 5.91 Å². The van der Waals surface area contributed by atoms with E-state index in [0.717, 1.165) is 43.0 Å². The van der Waals surface area contributed by atoms with Crippen LogP contribution in [-0.4, -0.2) is 44.5 Å². The second kappa shape index (κ2) is 6.94. The first-order chi connectivity index (χ1) is 12.9. The minimum Gasteiger partial charge on any atom is -0.360 e. The largest absolute Gasteiger partial charge is 0.360 e. The Kier molecular flexibility index (Phi) is 4.61. The van der Waals surface area contributed by atoms with Crippen LogP contribution >= 0.6 is 11.6 Å². The second-order valence-corrected chi connectivity index (χ2v) is 7.49. The van der Waals surface area contributed by atoms with Crippen LogP contribution in [0, 0.1) is 12.7 Å². The van der Waals surface area contributed by atoms with E-state index in [0.29, 0.717) is 12.4 Å². The number of nitrogens with zero attached hydrogens (tertiary/aromatic N) is 2. The summed E-state index contributed by atoms with van der Waals surface area (Å²) in [6.45, 7) is 5.81. The Morgan fingerprint density at radius 1 is 1.07 bits per heavy atom. The summed E-state index contributed by atoms with van der Waals surface area (Å²) in [6, 6.07) is 9.82. The Balaban J connectivity index is 1.45. The Hall–Kier alpha value is -2.44. The predicted octanol–water partition coefficient (Wildman–Crippen LogP) is 1.68. The van der Waals surface area contributed by atoms with Gasteiger partial charge < -0.3 is 9.80 Å². The molecule has 1 fully saturated rings. The first-order valence-corrected chi connectivity index (χ1v) is 9.32. The number of anilines is 2. The first-order valence-electron chi connectivity index (χ1n) is 8.94. The molecular formula is C20H20ClFN3O2+. The number of carbonyl (C=O) groups excluding carboxylic acids is 2. The highest BCUT2D eigenvalue weighted by atomic mass is 35.5. The molecule has 0 aromatic heterocycles. The third-order valence-electron chi connectivity index (χ3n) is 5.30. The van der Waals surface area contributed by atoms with Crippen LogP contribution in [0.3, 0.4) is 0 Å². The zero-order valence-electron chi connectivity index (χ0n) is 15.0. The van der Waals surface area contributed by atoms with Crippen LogP contribution in [0.15, 0.2) is 36.4 Å². The van der Waals surface area contributed by atoms with E-state index in [1.54, 1.807) is 0 Å². The minimum atomic E-state index is -0.628. The average Bonchev–Trinajstić information content (AvgIpc) is 2.89. The fraction of sp³-hybridized carbons (Fsp3) is 0.300. The molecular weight excluding hydrogens is 369 g/mol. The van der Waals surface area contributed by atoms with E-state index in [9.17, 15) is 14.0 Å². The molecule has 2 aliphatic rings. The number of benzene rings is 2. The van der Waals surface area contributed by atoms with E-state index in [1.807, 2.05) is 18.2 Å². The Morgan fingerprint density at radius 2 is 1.81 bits per heavy atom. The number of hydrogen-bond acceptors (Lipinski definition) is 3. The van der Waals surface area contributed by atoms with Crippen molar-refractivity contribution in [2.24, 2.45) is 0 Å². The summed E-state index contributed by atoms with van der Waals surface area (Å²) >= 11 is 6.13. The summed E-state index contributed by atoms with van der Waals surface area (Å²) in [7, 11) is 0. The summed E-state index contributed by atoms with van der Waals surface area (Å²) in [6.07, 6.45) is 0. The molecule has 27 heavy (non-hydrogen) atoms. The number of amides is 1. The summed E-state index contributed by atoms with van der Waals surface area (Å²) < 4.78 is 13.4. The lowest BCUT2D eigenvalue weighted by Crippen LogP contribution is -3.16. The lowest BCUT2D eigenvalue weighted by molar-refractivity contribution is -0.899. The maximum absolute atomic E-state index is 13.4.